The molecular formula is C24H19F13N2O4S. The maximum atomic E-state index is 14.5. The van der Waals surface area contributed by atoms with E-state index in [4.69, 9.17) is 17.0 Å². The van der Waals surface area contributed by atoms with E-state index in [1.54, 1.807) is 4.74 Å². The van der Waals surface area contributed by atoms with Crippen molar-refractivity contribution in [1.29, 1.82) is 0 Å². The monoisotopic (exact) mass is 678 g/mol. The maximum absolute atomic E-state index is 14.5. The summed E-state index contributed by atoms with van der Waals surface area (Å²) in [6, 6.07) is 7.33. The third-order valence-corrected chi connectivity index (χ3v) is 5.39. The summed E-state index contributed by atoms with van der Waals surface area (Å²) in [5.41, 5.74) is -2.51. The van der Waals surface area contributed by atoms with Crippen molar-refractivity contribution < 1.29 is 76.1 Å². The largest absolute Gasteiger partial charge is 0.527 e. The quantitative estimate of drug-likeness (QED) is 0.127. The number of hydrogen-bond donors (Lipinski definition) is 2. The van der Waals surface area contributed by atoms with Gasteiger partial charge in [0, 0.05) is 16.8 Å². The number of amides is 1. The van der Waals surface area contributed by atoms with Gasteiger partial charge >= 0.3 is 36.5 Å². The van der Waals surface area contributed by atoms with Crippen molar-refractivity contribution in [2.24, 2.45) is 0 Å². The van der Waals surface area contributed by atoms with E-state index in [1.165, 1.54) is 24.3 Å². The second-order valence-electron chi connectivity index (χ2n) is 8.56. The molecule has 2 N–H and O–H groups in total. The molecule has 0 unspecified atom stereocenters. The predicted octanol–water partition coefficient (Wildman–Crippen LogP) is 8.05. The van der Waals surface area contributed by atoms with Gasteiger partial charge in [-0.05, 0) is 55.0 Å². The Hall–Kier alpha value is -3.39. The number of carbonyl (C=O) groups excluding carboxylic acids is 1. The summed E-state index contributed by atoms with van der Waals surface area (Å²) in [7, 11) is 0. The first kappa shape index (κ1) is 36.8. The smallest absolute Gasteiger partial charge is 0.494 e. The van der Waals surface area contributed by atoms with Crippen molar-refractivity contribution in [2.45, 2.75) is 56.3 Å². The average molecular weight is 678 g/mol. The Labute approximate surface area is 244 Å². The van der Waals surface area contributed by atoms with Crippen molar-refractivity contribution in [3.05, 3.63) is 59.7 Å². The first-order valence-corrected chi connectivity index (χ1v) is 12.2. The molecule has 0 aromatic heterocycles. The molecule has 0 radical (unpaired) electrons. The van der Waals surface area contributed by atoms with Crippen LogP contribution in [0, 0.1) is 0 Å². The highest BCUT2D eigenvalue weighted by atomic mass is 32.1. The fraction of sp³-hybridized carbons (Fsp3) is 0.417. The highest BCUT2D eigenvalue weighted by Gasteiger charge is 2.80. The number of nitrogens with one attached hydrogen (secondary N) is 2. The molecule has 1 amide bonds. The molecule has 2 aromatic rings. The summed E-state index contributed by atoms with van der Waals surface area (Å²) in [6.07, 6.45) is -26.4. The molecule has 20 heteroatoms. The minimum atomic E-state index is -7.54. The van der Waals surface area contributed by atoms with Crippen LogP contribution in [0.3, 0.4) is 0 Å². The lowest BCUT2D eigenvalue weighted by atomic mass is 10.1. The molecule has 44 heavy (non-hydrogen) atoms. The number of hydrogen-bond acceptors (Lipinski definition) is 5. The minimum absolute atomic E-state index is 0.0398. The maximum Gasteiger partial charge on any atom is 0.527 e. The third kappa shape index (κ3) is 8.84. The standard InChI is InChI=1S/C24H19F13N2O4S/c1-2-3-11-41-16-9-7-13(8-10-16)17(40)39-18(44)38-15-6-4-5-14(12-15)19(25,26)21(29,30)42-22(31,32)20(27,28)23(33,34)43-24(35,36)37/h4-10,12H,2-3,11H2,1H3,(H2,38,39,40,44). The van der Waals surface area contributed by atoms with E-state index in [-0.39, 0.29) is 17.7 Å². The summed E-state index contributed by atoms with van der Waals surface area (Å²) in [5, 5.41) is 3.65. The highest BCUT2D eigenvalue weighted by molar-refractivity contribution is 7.80. The Morgan fingerprint density at radius 1 is 0.795 bits per heavy atom. The van der Waals surface area contributed by atoms with Gasteiger partial charge in [0.05, 0.1) is 6.61 Å². The number of unbranched alkanes of at least 4 members (excludes halogenated alkanes) is 1. The van der Waals surface area contributed by atoms with Crippen LogP contribution in [0.2, 0.25) is 0 Å². The van der Waals surface area contributed by atoms with E-state index in [2.05, 4.69) is 15.4 Å². The number of benzene rings is 2. The number of thiocarbonyl (C=S) groups is 1. The number of alkyl halides is 13. The Morgan fingerprint density at radius 3 is 1.91 bits per heavy atom. The summed E-state index contributed by atoms with van der Waals surface area (Å²) in [5.74, 6) is -13.9. The predicted molar refractivity (Wildman–Crippen MR) is 129 cm³/mol. The first-order chi connectivity index (χ1) is 20.0. The molecule has 0 bridgehead atoms. The van der Waals surface area contributed by atoms with E-state index in [9.17, 15) is 61.9 Å². The van der Waals surface area contributed by atoms with E-state index < -0.39 is 58.8 Å². The lowest BCUT2D eigenvalue weighted by Crippen LogP contribution is -2.61. The number of ether oxygens (including phenoxy) is 3. The lowest BCUT2D eigenvalue weighted by Gasteiger charge is -2.35. The second kappa shape index (κ2) is 13.3. The Bertz CT molecular complexity index is 1310. The van der Waals surface area contributed by atoms with Crippen molar-refractivity contribution in [3.63, 3.8) is 0 Å². The van der Waals surface area contributed by atoms with Gasteiger partial charge in [-0.1, -0.05) is 25.5 Å². The van der Waals surface area contributed by atoms with Crippen molar-refractivity contribution in [2.75, 3.05) is 11.9 Å². The Kier molecular flexibility index (Phi) is 11.1. The van der Waals surface area contributed by atoms with Crippen LogP contribution in [-0.2, 0) is 15.4 Å². The summed E-state index contributed by atoms with van der Waals surface area (Å²) >= 11 is 4.83. The van der Waals surface area contributed by atoms with Crippen LogP contribution in [0.1, 0.15) is 35.7 Å². The van der Waals surface area contributed by atoms with Gasteiger partial charge in [0.1, 0.15) is 5.75 Å². The molecule has 0 fully saturated rings. The highest BCUT2D eigenvalue weighted by Crippen LogP contribution is 2.54. The van der Waals surface area contributed by atoms with Crippen molar-refractivity contribution in [1.82, 2.24) is 5.32 Å². The molecule has 0 spiro atoms. The average Bonchev–Trinajstić information content (AvgIpc) is 2.87. The van der Waals surface area contributed by atoms with Crippen molar-refractivity contribution in [3.8, 4) is 5.75 Å². The molecule has 2 rings (SSSR count). The van der Waals surface area contributed by atoms with Crippen LogP contribution in [0.25, 0.3) is 0 Å². The normalized spacial score (nSPS) is 13.4. The van der Waals surface area contributed by atoms with Crippen LogP contribution < -0.4 is 15.4 Å². The van der Waals surface area contributed by atoms with Crippen molar-refractivity contribution >= 4 is 28.9 Å². The first-order valence-electron chi connectivity index (χ1n) is 11.8. The second-order valence-corrected chi connectivity index (χ2v) is 8.97. The summed E-state index contributed by atoms with van der Waals surface area (Å²) in [4.78, 5) is 12.4. The molecular weight excluding hydrogens is 659 g/mol. The molecule has 0 saturated carbocycles. The molecule has 0 heterocycles. The molecule has 0 aliphatic carbocycles. The molecule has 0 aliphatic rings. The van der Waals surface area contributed by atoms with E-state index in [0.717, 1.165) is 18.9 Å². The molecule has 0 aliphatic heterocycles. The van der Waals surface area contributed by atoms with Gasteiger partial charge in [-0.3, -0.25) is 10.1 Å². The van der Waals surface area contributed by atoms with Crippen LogP contribution >= 0.6 is 12.2 Å². The van der Waals surface area contributed by atoms with Gasteiger partial charge in [-0.2, -0.15) is 43.9 Å². The lowest BCUT2D eigenvalue weighted by molar-refractivity contribution is -0.535. The summed E-state index contributed by atoms with van der Waals surface area (Å²) in [6.45, 7) is 2.37. The number of carbonyl (C=O) groups is 1. The molecule has 0 saturated heterocycles. The zero-order valence-corrected chi connectivity index (χ0v) is 22.5. The Morgan fingerprint density at radius 2 is 1.36 bits per heavy atom. The van der Waals surface area contributed by atoms with Gasteiger partial charge in [0.15, 0.2) is 5.11 Å². The molecule has 246 valence electrons. The van der Waals surface area contributed by atoms with E-state index in [1.807, 2.05) is 6.92 Å². The van der Waals surface area contributed by atoms with Crippen LogP contribution in [0.4, 0.5) is 62.8 Å². The Balaban J connectivity index is 2.17. The van der Waals surface area contributed by atoms with Crippen LogP contribution in [0.15, 0.2) is 48.5 Å². The minimum Gasteiger partial charge on any atom is -0.494 e. The summed E-state index contributed by atoms with van der Waals surface area (Å²) < 4.78 is 182. The van der Waals surface area contributed by atoms with Gasteiger partial charge < -0.3 is 10.1 Å². The topological polar surface area (TPSA) is 68.8 Å². The van der Waals surface area contributed by atoms with Crippen LogP contribution in [0.5, 0.6) is 5.75 Å². The third-order valence-electron chi connectivity index (χ3n) is 5.19. The number of halogens is 13. The fourth-order valence-electron chi connectivity index (χ4n) is 3.00. The van der Waals surface area contributed by atoms with Gasteiger partial charge in [-0.15, -0.1) is 13.2 Å². The molecule has 0 atom stereocenters. The van der Waals surface area contributed by atoms with Gasteiger partial charge in [-0.25, -0.2) is 9.47 Å². The SMILES string of the molecule is CCCCOc1ccc(C(=O)NC(=S)Nc2cccc(C(F)(F)C(F)(F)OC(F)(F)C(F)(F)C(F)(F)OC(F)(F)F)c2)cc1. The molecule has 6 nitrogen and oxygen atoms in total. The molecule has 2 aromatic carbocycles. The number of anilines is 1. The van der Waals surface area contributed by atoms with Gasteiger partial charge in [0.25, 0.3) is 5.91 Å². The fourth-order valence-corrected chi connectivity index (χ4v) is 3.21. The van der Waals surface area contributed by atoms with Crippen LogP contribution in [-0.4, -0.2) is 48.2 Å². The zero-order valence-electron chi connectivity index (χ0n) is 21.7. The van der Waals surface area contributed by atoms with E-state index >= 15 is 0 Å². The zero-order chi connectivity index (χ0) is 33.8. The van der Waals surface area contributed by atoms with E-state index in [0.29, 0.717) is 18.4 Å². The van der Waals surface area contributed by atoms with Gasteiger partial charge in [0.2, 0.25) is 0 Å². The number of rotatable bonds is 13.